The number of likely N-dealkylation sites (N-methyl/N-ethyl adjacent to an activating group) is 1. The van der Waals surface area contributed by atoms with E-state index < -0.39 is 17.8 Å². The maximum atomic E-state index is 16.4. The Labute approximate surface area is 241 Å². The van der Waals surface area contributed by atoms with E-state index in [0.29, 0.717) is 26.1 Å². The molecule has 2 aliphatic heterocycles. The number of halogens is 4. The standard InChI is InChI=1S/C27H25ClF3N7O2S/c1-3-19(39)38-9-13(10-38)33-25-16-7-17(28)20(15-4-5-18(30)24-23(15)34-26(32)41-24)21(31)22(16)35-27(36-25)40-11-14-6-12(29)8-37(14)2/h3-5,7,12-14H,1,6,8-11H2,2H3,(H2,32,34)(H,33,35,36)/t12-,14+/m1/s1. The van der Waals surface area contributed by atoms with E-state index in [2.05, 4.69) is 26.8 Å². The van der Waals surface area contributed by atoms with E-state index in [1.54, 1.807) is 11.9 Å². The van der Waals surface area contributed by atoms with Gasteiger partial charge in [0.25, 0.3) is 0 Å². The number of nitrogens with two attached hydrogens (primary N) is 1. The van der Waals surface area contributed by atoms with Crippen molar-refractivity contribution in [1.82, 2.24) is 24.8 Å². The first-order valence-electron chi connectivity index (χ1n) is 12.8. The molecule has 2 fully saturated rings. The van der Waals surface area contributed by atoms with Gasteiger partial charge in [0.2, 0.25) is 5.91 Å². The smallest absolute Gasteiger partial charge is 0.319 e. The number of alkyl halides is 1. The van der Waals surface area contributed by atoms with E-state index in [1.807, 2.05) is 4.90 Å². The number of ether oxygens (including phenoxy) is 1. The molecule has 2 saturated heterocycles. The molecule has 14 heteroatoms. The normalized spacial score (nSPS) is 19.6. The van der Waals surface area contributed by atoms with Crippen molar-refractivity contribution in [2.75, 3.05) is 44.3 Å². The molecule has 1 amide bonds. The van der Waals surface area contributed by atoms with Gasteiger partial charge in [-0.25, -0.2) is 18.2 Å². The number of nitrogens with one attached hydrogen (secondary N) is 1. The van der Waals surface area contributed by atoms with Crippen LogP contribution in [0.1, 0.15) is 6.42 Å². The van der Waals surface area contributed by atoms with Crippen LogP contribution in [-0.4, -0.2) is 82.2 Å². The van der Waals surface area contributed by atoms with Gasteiger partial charge in [0.05, 0.1) is 21.3 Å². The Morgan fingerprint density at radius 2 is 2.05 bits per heavy atom. The molecule has 6 rings (SSSR count). The Bertz CT molecular complexity index is 1700. The summed E-state index contributed by atoms with van der Waals surface area (Å²) >= 11 is 7.59. The molecule has 2 aliphatic rings. The number of thiazole rings is 1. The quantitative estimate of drug-likeness (QED) is 0.294. The number of carbonyl (C=O) groups excluding carboxylic acids is 1. The van der Waals surface area contributed by atoms with Crippen LogP contribution in [0.15, 0.2) is 30.9 Å². The summed E-state index contributed by atoms with van der Waals surface area (Å²) in [6, 6.07) is 3.65. The van der Waals surface area contributed by atoms with Gasteiger partial charge in [-0.1, -0.05) is 29.5 Å². The number of anilines is 2. The van der Waals surface area contributed by atoms with Gasteiger partial charge in [0.15, 0.2) is 10.9 Å². The summed E-state index contributed by atoms with van der Waals surface area (Å²) in [4.78, 5) is 28.4. The number of likely N-dealkylation sites (tertiary alicyclic amines) is 2. The Kier molecular flexibility index (Phi) is 7.12. The number of amides is 1. The van der Waals surface area contributed by atoms with Gasteiger partial charge in [0, 0.05) is 42.2 Å². The number of fused-ring (bicyclic) bond motifs is 2. The zero-order chi connectivity index (χ0) is 29.0. The Hall–Kier alpha value is -3.68. The van der Waals surface area contributed by atoms with Crippen molar-refractivity contribution in [2.45, 2.75) is 24.7 Å². The molecule has 214 valence electrons. The van der Waals surface area contributed by atoms with Crippen molar-refractivity contribution in [2.24, 2.45) is 0 Å². The van der Waals surface area contributed by atoms with E-state index in [4.69, 9.17) is 22.1 Å². The molecular formula is C27H25ClF3N7O2S. The van der Waals surface area contributed by atoms with Gasteiger partial charge < -0.3 is 20.7 Å². The molecular weight excluding hydrogens is 579 g/mol. The number of benzene rings is 2. The molecule has 2 aromatic carbocycles. The summed E-state index contributed by atoms with van der Waals surface area (Å²) in [5.74, 6) is -1.24. The van der Waals surface area contributed by atoms with Crippen molar-refractivity contribution in [1.29, 1.82) is 0 Å². The van der Waals surface area contributed by atoms with Crippen LogP contribution in [0.5, 0.6) is 6.01 Å². The van der Waals surface area contributed by atoms with Gasteiger partial charge in [-0.15, -0.1) is 0 Å². The highest BCUT2D eigenvalue weighted by Gasteiger charge is 2.32. The second-order valence-electron chi connectivity index (χ2n) is 10.1. The zero-order valence-corrected chi connectivity index (χ0v) is 23.4. The van der Waals surface area contributed by atoms with Crippen LogP contribution in [0.3, 0.4) is 0 Å². The molecule has 4 aromatic rings. The highest BCUT2D eigenvalue weighted by molar-refractivity contribution is 7.22. The minimum Gasteiger partial charge on any atom is -0.462 e. The third kappa shape index (κ3) is 5.02. The van der Waals surface area contributed by atoms with E-state index in [1.165, 1.54) is 24.3 Å². The fourth-order valence-corrected chi connectivity index (χ4v) is 6.30. The largest absolute Gasteiger partial charge is 0.462 e. The zero-order valence-electron chi connectivity index (χ0n) is 21.8. The average molecular weight is 604 g/mol. The number of nitrogen functional groups attached to an aromatic ring is 1. The lowest BCUT2D eigenvalue weighted by Crippen LogP contribution is -2.56. The molecule has 0 saturated carbocycles. The summed E-state index contributed by atoms with van der Waals surface area (Å²) in [6.45, 7) is 4.69. The highest BCUT2D eigenvalue weighted by Crippen LogP contribution is 2.42. The third-order valence-corrected chi connectivity index (χ3v) is 8.59. The Morgan fingerprint density at radius 3 is 2.76 bits per heavy atom. The molecule has 2 atom stereocenters. The summed E-state index contributed by atoms with van der Waals surface area (Å²) in [7, 11) is 1.80. The van der Waals surface area contributed by atoms with Crippen molar-refractivity contribution < 1.29 is 22.7 Å². The molecule has 0 bridgehead atoms. The Balaban J connectivity index is 1.42. The average Bonchev–Trinajstić information content (AvgIpc) is 3.46. The maximum Gasteiger partial charge on any atom is 0.319 e. The molecule has 41 heavy (non-hydrogen) atoms. The third-order valence-electron chi connectivity index (χ3n) is 7.39. The van der Waals surface area contributed by atoms with Crippen LogP contribution >= 0.6 is 22.9 Å². The predicted octanol–water partition coefficient (Wildman–Crippen LogP) is 4.65. The van der Waals surface area contributed by atoms with Crippen LogP contribution in [0.4, 0.5) is 24.1 Å². The predicted molar refractivity (Wildman–Crippen MR) is 153 cm³/mol. The van der Waals surface area contributed by atoms with Gasteiger partial charge >= 0.3 is 6.01 Å². The second-order valence-corrected chi connectivity index (χ2v) is 11.6. The van der Waals surface area contributed by atoms with Crippen LogP contribution in [-0.2, 0) is 4.79 Å². The summed E-state index contributed by atoms with van der Waals surface area (Å²) in [5.41, 5.74) is 6.17. The van der Waals surface area contributed by atoms with Crippen LogP contribution < -0.4 is 15.8 Å². The molecule has 4 heterocycles. The summed E-state index contributed by atoms with van der Waals surface area (Å²) in [6.07, 6.45) is 0.580. The van der Waals surface area contributed by atoms with Crippen molar-refractivity contribution in [3.05, 3.63) is 47.5 Å². The van der Waals surface area contributed by atoms with Crippen molar-refractivity contribution in [3.8, 4) is 17.1 Å². The maximum absolute atomic E-state index is 16.4. The van der Waals surface area contributed by atoms with Crippen LogP contribution in [0.2, 0.25) is 5.02 Å². The van der Waals surface area contributed by atoms with Gasteiger partial charge in [-0.3, -0.25) is 9.69 Å². The summed E-state index contributed by atoms with van der Waals surface area (Å²) in [5, 5.41) is 3.69. The molecule has 0 unspecified atom stereocenters. The molecule has 0 aliphatic carbocycles. The first kappa shape index (κ1) is 27.5. The number of hydrogen-bond donors (Lipinski definition) is 2. The van der Waals surface area contributed by atoms with Crippen LogP contribution in [0, 0.1) is 11.6 Å². The number of aromatic nitrogens is 3. The van der Waals surface area contributed by atoms with E-state index in [-0.39, 0.29) is 78.8 Å². The molecule has 0 radical (unpaired) electrons. The molecule has 0 spiro atoms. The van der Waals surface area contributed by atoms with Crippen LogP contribution in [0.25, 0.3) is 32.2 Å². The first-order chi connectivity index (χ1) is 19.6. The Morgan fingerprint density at radius 1 is 1.27 bits per heavy atom. The molecule has 3 N–H and O–H groups in total. The van der Waals surface area contributed by atoms with E-state index >= 15 is 4.39 Å². The molecule has 9 nitrogen and oxygen atoms in total. The number of nitrogens with zero attached hydrogens (tertiary/aromatic N) is 5. The van der Waals surface area contributed by atoms with Crippen molar-refractivity contribution in [3.63, 3.8) is 0 Å². The lowest BCUT2D eigenvalue weighted by molar-refractivity contribution is -0.129. The minimum atomic E-state index is -0.961. The summed E-state index contributed by atoms with van der Waals surface area (Å²) < 4.78 is 50.8. The lowest BCUT2D eigenvalue weighted by atomic mass is 10.0. The van der Waals surface area contributed by atoms with Gasteiger partial charge in [-0.05, 0) is 37.7 Å². The lowest BCUT2D eigenvalue weighted by Gasteiger charge is -2.39. The number of carbonyl (C=O) groups is 1. The van der Waals surface area contributed by atoms with Gasteiger partial charge in [-0.2, -0.15) is 9.97 Å². The van der Waals surface area contributed by atoms with Crippen molar-refractivity contribution >= 4 is 60.9 Å². The topological polar surface area (TPSA) is 110 Å². The van der Waals surface area contributed by atoms with Gasteiger partial charge in [0.1, 0.15) is 29.9 Å². The monoisotopic (exact) mass is 603 g/mol. The highest BCUT2D eigenvalue weighted by atomic mass is 35.5. The van der Waals surface area contributed by atoms with E-state index in [0.717, 1.165) is 11.3 Å². The number of hydrogen-bond acceptors (Lipinski definition) is 9. The SMILES string of the molecule is C=CC(=O)N1CC(Nc2nc(OC[C@@H]3C[C@@H](F)CN3C)nc3c(F)c(-c4ccc(F)c5sc(N)nc45)c(Cl)cc23)C1. The number of rotatable bonds is 7. The fraction of sp³-hybridized carbons (Fsp3) is 0.333. The first-order valence-corrected chi connectivity index (χ1v) is 14.0. The fourth-order valence-electron chi connectivity index (χ4n) is 5.24. The minimum absolute atomic E-state index is 0.0211. The van der Waals surface area contributed by atoms with E-state index in [9.17, 15) is 13.6 Å². The second kappa shape index (κ2) is 10.6. The molecule has 2 aromatic heterocycles.